The van der Waals surface area contributed by atoms with Crippen LogP contribution in [-0.4, -0.2) is 11.3 Å². The molecule has 9 rings (SSSR count). The van der Waals surface area contributed by atoms with Crippen molar-refractivity contribution < 1.29 is 4.74 Å². The second kappa shape index (κ2) is 6.92. The Kier molecular flexibility index (Phi) is 3.64. The standard InChI is InChI=1S/C34H20BNO/c1-2-9-21(10-3-1)24-18-19-29-32-34(24)37-30-20-17-22-11-4-5-12-23(22)31(30)35(32)27-15-8-14-26-25-13-6-7-16-28(25)36(29)33(26)27/h1-20H. The lowest BCUT2D eigenvalue weighted by Gasteiger charge is -2.35. The molecule has 3 heteroatoms. The number of fused-ring (bicyclic) bond motifs is 9. The third kappa shape index (κ3) is 2.41. The van der Waals surface area contributed by atoms with E-state index in [4.69, 9.17) is 4.74 Å². The second-order valence-corrected chi connectivity index (χ2v) is 10.1. The zero-order chi connectivity index (χ0) is 24.1. The van der Waals surface area contributed by atoms with E-state index in [0.717, 1.165) is 17.1 Å². The van der Waals surface area contributed by atoms with Crippen molar-refractivity contribution in [1.29, 1.82) is 0 Å². The maximum absolute atomic E-state index is 6.90. The van der Waals surface area contributed by atoms with Crippen LogP contribution in [0.5, 0.6) is 11.5 Å². The van der Waals surface area contributed by atoms with Crippen molar-refractivity contribution in [1.82, 2.24) is 4.57 Å². The normalized spacial score (nSPS) is 13.0. The van der Waals surface area contributed by atoms with Crippen molar-refractivity contribution in [2.75, 3.05) is 0 Å². The minimum absolute atomic E-state index is 0.0871. The zero-order valence-electron chi connectivity index (χ0n) is 20.0. The van der Waals surface area contributed by atoms with E-state index in [1.165, 1.54) is 60.2 Å². The highest BCUT2D eigenvalue weighted by atomic mass is 16.5. The molecule has 170 valence electrons. The lowest BCUT2D eigenvalue weighted by Crippen LogP contribution is -2.58. The average Bonchev–Trinajstić information content (AvgIpc) is 3.31. The van der Waals surface area contributed by atoms with Gasteiger partial charge >= 0.3 is 0 Å². The van der Waals surface area contributed by atoms with Gasteiger partial charge in [-0.25, -0.2) is 0 Å². The molecule has 0 unspecified atom stereocenters. The number of hydrogen-bond acceptors (Lipinski definition) is 1. The number of benzene rings is 6. The molecule has 0 atom stereocenters. The summed E-state index contributed by atoms with van der Waals surface area (Å²) in [6.07, 6.45) is 0. The number of para-hydroxylation sites is 2. The first-order chi connectivity index (χ1) is 18.4. The third-order valence-electron chi connectivity index (χ3n) is 8.26. The van der Waals surface area contributed by atoms with Crippen LogP contribution in [0, 0.1) is 0 Å². The molecule has 0 spiro atoms. The van der Waals surface area contributed by atoms with Crippen LogP contribution in [0.3, 0.4) is 0 Å². The third-order valence-corrected chi connectivity index (χ3v) is 8.26. The first kappa shape index (κ1) is 19.4. The minimum Gasteiger partial charge on any atom is -0.458 e. The monoisotopic (exact) mass is 469 g/mol. The molecule has 0 bridgehead atoms. The van der Waals surface area contributed by atoms with Crippen molar-refractivity contribution in [3.8, 4) is 28.3 Å². The van der Waals surface area contributed by atoms with Gasteiger partial charge in [0.1, 0.15) is 11.5 Å². The van der Waals surface area contributed by atoms with Gasteiger partial charge in [-0.1, -0.05) is 97.1 Å². The van der Waals surface area contributed by atoms with Gasteiger partial charge in [-0.3, -0.25) is 0 Å². The number of hydrogen-bond donors (Lipinski definition) is 0. The molecule has 7 aromatic rings. The molecule has 3 heterocycles. The van der Waals surface area contributed by atoms with Crippen molar-refractivity contribution in [2.24, 2.45) is 0 Å². The Morgan fingerprint density at radius 3 is 2.27 bits per heavy atom. The molecular weight excluding hydrogens is 449 g/mol. The van der Waals surface area contributed by atoms with Crippen LogP contribution < -0.4 is 21.1 Å². The lowest BCUT2D eigenvalue weighted by molar-refractivity contribution is 0.489. The van der Waals surface area contributed by atoms with Crippen LogP contribution in [0.1, 0.15) is 0 Å². The fraction of sp³-hybridized carbons (Fsp3) is 0. The molecule has 0 amide bonds. The summed E-state index contributed by atoms with van der Waals surface area (Å²) in [5.41, 5.74) is 9.92. The summed E-state index contributed by atoms with van der Waals surface area (Å²) in [5, 5.41) is 5.10. The summed E-state index contributed by atoms with van der Waals surface area (Å²) in [6.45, 7) is 0.0871. The van der Waals surface area contributed by atoms with E-state index >= 15 is 0 Å². The van der Waals surface area contributed by atoms with E-state index in [9.17, 15) is 0 Å². The van der Waals surface area contributed by atoms with Gasteiger partial charge in [0.15, 0.2) is 0 Å². The summed E-state index contributed by atoms with van der Waals surface area (Å²) < 4.78 is 9.37. The summed E-state index contributed by atoms with van der Waals surface area (Å²) in [7, 11) is 0. The van der Waals surface area contributed by atoms with E-state index in [-0.39, 0.29) is 6.71 Å². The van der Waals surface area contributed by atoms with Crippen molar-refractivity contribution in [3.63, 3.8) is 0 Å². The minimum atomic E-state index is 0.0871. The number of rotatable bonds is 1. The number of ether oxygens (including phenoxy) is 1. The highest BCUT2D eigenvalue weighted by Crippen LogP contribution is 2.42. The fourth-order valence-electron chi connectivity index (χ4n) is 6.77. The van der Waals surface area contributed by atoms with Gasteiger partial charge in [0.2, 0.25) is 0 Å². The second-order valence-electron chi connectivity index (χ2n) is 10.1. The number of nitrogens with zero attached hydrogens (tertiary/aromatic N) is 1. The van der Waals surface area contributed by atoms with Crippen LogP contribution in [0.25, 0.3) is 49.4 Å². The van der Waals surface area contributed by atoms with Gasteiger partial charge in [0.25, 0.3) is 6.71 Å². The Hall–Kier alpha value is -4.76. The predicted octanol–water partition coefficient (Wildman–Crippen LogP) is 6.54. The van der Waals surface area contributed by atoms with Gasteiger partial charge in [-0.2, -0.15) is 0 Å². The maximum Gasteiger partial charge on any atom is 0.257 e. The Morgan fingerprint density at radius 2 is 1.35 bits per heavy atom. The topological polar surface area (TPSA) is 14.2 Å². The molecule has 6 aromatic carbocycles. The Balaban J connectivity index is 1.50. The first-order valence-corrected chi connectivity index (χ1v) is 12.8. The zero-order valence-corrected chi connectivity index (χ0v) is 20.0. The van der Waals surface area contributed by atoms with Crippen LogP contribution in [0.15, 0.2) is 121 Å². The summed E-state index contributed by atoms with van der Waals surface area (Å²) in [6, 6.07) is 43.8. The molecule has 37 heavy (non-hydrogen) atoms. The van der Waals surface area contributed by atoms with Crippen LogP contribution in [0.2, 0.25) is 0 Å². The molecule has 0 radical (unpaired) electrons. The predicted molar refractivity (Wildman–Crippen MR) is 155 cm³/mol. The van der Waals surface area contributed by atoms with E-state index in [2.05, 4.69) is 126 Å². The number of aromatic nitrogens is 1. The summed E-state index contributed by atoms with van der Waals surface area (Å²) in [4.78, 5) is 0. The van der Waals surface area contributed by atoms with Crippen molar-refractivity contribution in [3.05, 3.63) is 121 Å². The SMILES string of the molecule is c1ccc(-c2ccc3c4c2Oc2ccc5ccccc5c2B4c2cccc4c5ccccc5n-3c24)cc1. The van der Waals surface area contributed by atoms with Crippen LogP contribution in [-0.2, 0) is 0 Å². The highest BCUT2D eigenvalue weighted by molar-refractivity contribution is 7.00. The van der Waals surface area contributed by atoms with Gasteiger partial charge in [-0.15, -0.1) is 0 Å². The smallest absolute Gasteiger partial charge is 0.257 e. The Morgan fingerprint density at radius 1 is 0.568 bits per heavy atom. The molecule has 1 aromatic heterocycles. The molecule has 2 aliphatic heterocycles. The molecule has 0 fully saturated rings. The van der Waals surface area contributed by atoms with Crippen molar-refractivity contribution in [2.45, 2.75) is 0 Å². The summed E-state index contributed by atoms with van der Waals surface area (Å²) >= 11 is 0. The summed E-state index contributed by atoms with van der Waals surface area (Å²) in [5.74, 6) is 1.92. The molecular formula is C34H20BNO. The average molecular weight is 469 g/mol. The Bertz CT molecular complexity index is 2070. The van der Waals surface area contributed by atoms with Crippen molar-refractivity contribution >= 4 is 55.7 Å². The molecule has 2 nitrogen and oxygen atoms in total. The van der Waals surface area contributed by atoms with Crippen LogP contribution in [0.4, 0.5) is 0 Å². The highest BCUT2D eigenvalue weighted by Gasteiger charge is 2.42. The van der Waals surface area contributed by atoms with E-state index in [0.29, 0.717) is 0 Å². The van der Waals surface area contributed by atoms with E-state index in [1.54, 1.807) is 0 Å². The fourth-order valence-corrected chi connectivity index (χ4v) is 6.77. The van der Waals surface area contributed by atoms with Gasteiger partial charge in [0.05, 0.1) is 5.52 Å². The molecule has 0 aliphatic carbocycles. The molecule has 0 saturated carbocycles. The quantitative estimate of drug-likeness (QED) is 0.249. The van der Waals surface area contributed by atoms with E-state index in [1.807, 2.05) is 0 Å². The van der Waals surface area contributed by atoms with E-state index < -0.39 is 0 Å². The van der Waals surface area contributed by atoms with Crippen LogP contribution >= 0.6 is 0 Å². The molecule has 2 aliphatic rings. The Labute approximate surface area is 214 Å². The lowest BCUT2D eigenvalue weighted by atomic mass is 9.34. The molecule has 0 saturated heterocycles. The van der Waals surface area contributed by atoms with Gasteiger partial charge < -0.3 is 9.30 Å². The first-order valence-electron chi connectivity index (χ1n) is 12.8. The maximum atomic E-state index is 6.90. The van der Waals surface area contributed by atoms with Gasteiger partial charge in [0, 0.05) is 27.5 Å². The van der Waals surface area contributed by atoms with Gasteiger partial charge in [-0.05, 0) is 57.0 Å². The largest absolute Gasteiger partial charge is 0.458 e. The molecule has 0 N–H and O–H groups in total.